The van der Waals surface area contributed by atoms with Gasteiger partial charge in [0, 0.05) is 47.1 Å². The standard InChI is InChI=1S/C69H43NS/c1-69(2)59-29-24-45(37-57(59)66-49-18-8-6-13-41(49)23-30-60(66)69)47-26-33-65-56(36-47)55-35-46(25-32-64(55)71-65)44-22-27-53-54(34-44)51-20-10-9-19-50(51)52-28-31-62-68(67(52)53)58-38-42-14-3-4-15-43(42)39-63(58)70(62)61-21-11-16-40-12-5-7-17-48(40)61/h3-39H,1-2H3. The number of hydrogen-bond acceptors (Lipinski definition) is 1. The number of hydrogen-bond donors (Lipinski definition) is 0. The summed E-state index contributed by atoms with van der Waals surface area (Å²) in [4.78, 5) is 0. The molecule has 71 heavy (non-hydrogen) atoms. The fourth-order valence-corrected chi connectivity index (χ4v) is 14.0. The lowest BCUT2D eigenvalue weighted by molar-refractivity contribution is 0.661. The molecule has 2 heterocycles. The molecule has 15 aromatic rings. The van der Waals surface area contributed by atoms with Gasteiger partial charge in [0.15, 0.2) is 0 Å². The monoisotopic (exact) mass is 917 g/mol. The smallest absolute Gasteiger partial charge is 0.0548 e. The SMILES string of the molecule is CC1(C)c2ccc(-c3ccc4sc5ccc(-c6ccc7c(c6)c6ccccc6c6ccc8c(c9cc%10ccccc%10cc9n8-c8cccc9ccccc89)c67)cc5c4c3)cc2-c2c1ccc1ccccc21. The number of benzene rings is 13. The van der Waals surface area contributed by atoms with Gasteiger partial charge in [-0.1, -0.05) is 178 Å². The average molecular weight is 918 g/mol. The molecule has 0 unspecified atom stereocenters. The Morgan fingerprint density at radius 3 is 1.61 bits per heavy atom. The molecule has 16 rings (SSSR count). The van der Waals surface area contributed by atoms with Crippen LogP contribution in [-0.4, -0.2) is 4.57 Å². The highest BCUT2D eigenvalue weighted by atomic mass is 32.1. The van der Waals surface area contributed by atoms with Crippen molar-refractivity contribution in [3.63, 3.8) is 0 Å². The van der Waals surface area contributed by atoms with Crippen LogP contribution >= 0.6 is 11.3 Å². The molecule has 1 aliphatic rings. The first kappa shape index (κ1) is 39.3. The maximum absolute atomic E-state index is 2.52. The van der Waals surface area contributed by atoms with E-state index in [0.717, 1.165) is 0 Å². The summed E-state index contributed by atoms with van der Waals surface area (Å²) in [7, 11) is 0. The lowest BCUT2D eigenvalue weighted by Gasteiger charge is -2.21. The van der Waals surface area contributed by atoms with Crippen molar-refractivity contribution in [1.82, 2.24) is 4.57 Å². The summed E-state index contributed by atoms with van der Waals surface area (Å²) < 4.78 is 5.15. The second kappa shape index (κ2) is 14.3. The van der Waals surface area contributed by atoms with Crippen LogP contribution in [0.25, 0.3) is 146 Å². The molecule has 0 saturated carbocycles. The molecule has 0 amide bonds. The van der Waals surface area contributed by atoms with Gasteiger partial charge >= 0.3 is 0 Å². The molecule has 0 atom stereocenters. The molecule has 1 nitrogen and oxygen atoms in total. The van der Waals surface area contributed by atoms with Gasteiger partial charge in [-0.2, -0.15) is 0 Å². The van der Waals surface area contributed by atoms with Crippen molar-refractivity contribution < 1.29 is 0 Å². The highest BCUT2D eigenvalue weighted by molar-refractivity contribution is 7.25. The molecule has 0 saturated heterocycles. The minimum Gasteiger partial charge on any atom is -0.309 e. The van der Waals surface area contributed by atoms with E-state index < -0.39 is 0 Å². The van der Waals surface area contributed by atoms with Crippen LogP contribution in [0.15, 0.2) is 224 Å². The predicted molar refractivity (Wildman–Crippen MR) is 307 cm³/mol. The lowest BCUT2D eigenvalue weighted by atomic mass is 9.82. The van der Waals surface area contributed by atoms with Crippen molar-refractivity contribution in [2.75, 3.05) is 0 Å². The third-order valence-corrected chi connectivity index (χ3v) is 17.5. The average Bonchev–Trinajstić information content (AvgIpc) is 4.03. The molecular weight excluding hydrogens is 875 g/mol. The minimum atomic E-state index is -0.0562. The summed E-state index contributed by atoms with van der Waals surface area (Å²) in [6.45, 7) is 4.75. The molecular formula is C69H43NS. The first-order valence-corrected chi connectivity index (χ1v) is 25.6. The van der Waals surface area contributed by atoms with Gasteiger partial charge in [0.25, 0.3) is 0 Å². The van der Waals surface area contributed by atoms with Gasteiger partial charge in [-0.3, -0.25) is 0 Å². The zero-order chi connectivity index (χ0) is 46.7. The van der Waals surface area contributed by atoms with Gasteiger partial charge in [-0.05, 0) is 159 Å². The molecule has 0 bridgehead atoms. The molecule has 1 aliphatic carbocycles. The molecule has 0 radical (unpaired) electrons. The van der Waals surface area contributed by atoms with Crippen molar-refractivity contribution in [2.24, 2.45) is 0 Å². The summed E-state index contributed by atoms with van der Waals surface area (Å²) in [6, 6.07) is 85.0. The quantitative estimate of drug-likeness (QED) is 0.156. The van der Waals surface area contributed by atoms with E-state index >= 15 is 0 Å². The van der Waals surface area contributed by atoms with Crippen LogP contribution in [0.2, 0.25) is 0 Å². The van der Waals surface area contributed by atoms with Gasteiger partial charge in [0.1, 0.15) is 0 Å². The van der Waals surface area contributed by atoms with E-state index in [4.69, 9.17) is 0 Å². The van der Waals surface area contributed by atoms with Crippen molar-refractivity contribution in [3.8, 4) is 39.1 Å². The highest BCUT2D eigenvalue weighted by Gasteiger charge is 2.36. The molecule has 13 aromatic carbocycles. The minimum absolute atomic E-state index is 0.0562. The second-order valence-corrected chi connectivity index (χ2v) is 21.4. The maximum atomic E-state index is 2.52. The summed E-state index contributed by atoms with van der Waals surface area (Å²) in [5.41, 5.74) is 14.1. The topological polar surface area (TPSA) is 4.93 Å². The summed E-state index contributed by atoms with van der Waals surface area (Å²) in [5, 5.41) is 20.5. The van der Waals surface area contributed by atoms with E-state index in [0.29, 0.717) is 0 Å². The van der Waals surface area contributed by atoms with Crippen LogP contribution in [0.3, 0.4) is 0 Å². The Morgan fingerprint density at radius 2 is 0.859 bits per heavy atom. The Hall–Kier alpha value is -8.56. The van der Waals surface area contributed by atoms with Crippen molar-refractivity contribution in [2.45, 2.75) is 19.3 Å². The largest absolute Gasteiger partial charge is 0.309 e. The number of rotatable bonds is 3. The summed E-state index contributed by atoms with van der Waals surface area (Å²) in [6.07, 6.45) is 0. The molecule has 0 N–H and O–H groups in total. The van der Waals surface area contributed by atoms with Gasteiger partial charge in [-0.25, -0.2) is 0 Å². The van der Waals surface area contributed by atoms with Crippen molar-refractivity contribution in [1.29, 1.82) is 0 Å². The van der Waals surface area contributed by atoms with Crippen LogP contribution in [0.5, 0.6) is 0 Å². The number of aromatic nitrogens is 1. The van der Waals surface area contributed by atoms with E-state index in [1.807, 2.05) is 11.3 Å². The lowest BCUT2D eigenvalue weighted by Crippen LogP contribution is -2.14. The zero-order valence-corrected chi connectivity index (χ0v) is 40.0. The van der Waals surface area contributed by atoms with E-state index in [1.54, 1.807) is 0 Å². The van der Waals surface area contributed by atoms with E-state index in [-0.39, 0.29) is 5.41 Å². The van der Waals surface area contributed by atoms with Crippen LogP contribution in [0, 0.1) is 0 Å². The zero-order valence-electron chi connectivity index (χ0n) is 39.2. The molecule has 0 aliphatic heterocycles. The van der Waals surface area contributed by atoms with Gasteiger partial charge in [0.05, 0.1) is 16.7 Å². The number of thiophene rings is 1. The molecule has 0 fully saturated rings. The van der Waals surface area contributed by atoms with E-state index in [1.165, 1.54) is 157 Å². The van der Waals surface area contributed by atoms with Crippen LogP contribution in [0.4, 0.5) is 0 Å². The van der Waals surface area contributed by atoms with Crippen molar-refractivity contribution >= 4 is 118 Å². The molecule has 2 heteroatoms. The predicted octanol–water partition coefficient (Wildman–Crippen LogP) is 19.7. The van der Waals surface area contributed by atoms with Crippen LogP contribution in [0.1, 0.15) is 25.0 Å². The Labute approximate surface area is 414 Å². The third-order valence-electron chi connectivity index (χ3n) is 16.3. The second-order valence-electron chi connectivity index (χ2n) is 20.4. The molecule has 0 spiro atoms. The van der Waals surface area contributed by atoms with Crippen LogP contribution < -0.4 is 0 Å². The Bertz CT molecular complexity index is 4840. The molecule has 2 aromatic heterocycles. The Kier molecular flexibility index (Phi) is 7.90. The van der Waals surface area contributed by atoms with Gasteiger partial charge in [0.2, 0.25) is 0 Å². The van der Waals surface area contributed by atoms with E-state index in [2.05, 4.69) is 243 Å². The van der Waals surface area contributed by atoms with E-state index in [9.17, 15) is 0 Å². The summed E-state index contributed by atoms with van der Waals surface area (Å²) >= 11 is 1.89. The Morgan fingerprint density at radius 1 is 0.324 bits per heavy atom. The maximum Gasteiger partial charge on any atom is 0.0548 e. The normalized spacial score (nSPS) is 13.3. The Balaban J connectivity index is 0.892. The van der Waals surface area contributed by atoms with Gasteiger partial charge in [-0.15, -0.1) is 11.3 Å². The first-order chi connectivity index (χ1) is 34.9. The van der Waals surface area contributed by atoms with Crippen molar-refractivity contribution in [3.05, 3.63) is 236 Å². The fraction of sp³-hybridized carbons (Fsp3) is 0.0435. The van der Waals surface area contributed by atoms with Gasteiger partial charge < -0.3 is 4.57 Å². The number of fused-ring (bicyclic) bond motifs is 20. The first-order valence-electron chi connectivity index (χ1n) is 24.8. The number of nitrogens with zero attached hydrogens (tertiary/aromatic N) is 1. The summed E-state index contributed by atoms with van der Waals surface area (Å²) in [5.74, 6) is 0. The highest BCUT2D eigenvalue weighted by Crippen LogP contribution is 2.53. The third kappa shape index (κ3) is 5.46. The molecule has 330 valence electrons. The van der Waals surface area contributed by atoms with Crippen LogP contribution in [-0.2, 0) is 5.41 Å². The fourth-order valence-electron chi connectivity index (χ4n) is 12.9.